The number of carbonyl (C=O) groups excluding carboxylic acids is 3. The maximum Gasteiger partial charge on any atom is 0.224 e. The van der Waals surface area contributed by atoms with E-state index in [1.807, 2.05) is 13.0 Å². The van der Waals surface area contributed by atoms with Gasteiger partial charge in [-0.05, 0) is 43.3 Å². The molecule has 1 aromatic heterocycles. The molecule has 0 saturated carbocycles. The first-order chi connectivity index (χ1) is 13.5. The Morgan fingerprint density at radius 3 is 2.29 bits per heavy atom. The molecular formula is C21H25NO5S. The van der Waals surface area contributed by atoms with Crippen LogP contribution in [-0.2, 0) is 14.3 Å². The van der Waals surface area contributed by atoms with Crippen molar-refractivity contribution in [3.8, 4) is 5.75 Å². The van der Waals surface area contributed by atoms with E-state index in [1.54, 1.807) is 37.4 Å². The summed E-state index contributed by atoms with van der Waals surface area (Å²) < 4.78 is 10.4. The van der Waals surface area contributed by atoms with Crippen LogP contribution in [-0.4, -0.2) is 37.8 Å². The lowest BCUT2D eigenvalue weighted by atomic mass is 10.1. The fourth-order valence-corrected chi connectivity index (χ4v) is 3.27. The van der Waals surface area contributed by atoms with Crippen LogP contribution in [0.15, 0.2) is 36.4 Å². The Balaban J connectivity index is 1.67. The molecule has 1 heterocycles. The molecule has 0 radical (unpaired) electrons. The second-order valence-electron chi connectivity index (χ2n) is 6.29. The van der Waals surface area contributed by atoms with Gasteiger partial charge in [0.1, 0.15) is 18.1 Å². The third-order valence-corrected chi connectivity index (χ3v) is 5.01. The second-order valence-corrected chi connectivity index (χ2v) is 7.57. The van der Waals surface area contributed by atoms with Gasteiger partial charge in [0.15, 0.2) is 5.78 Å². The van der Waals surface area contributed by atoms with Crippen LogP contribution in [0.2, 0.25) is 0 Å². The summed E-state index contributed by atoms with van der Waals surface area (Å²) in [7, 11) is 1.61. The largest absolute Gasteiger partial charge is 0.491 e. The molecule has 2 rings (SSSR count). The minimum absolute atomic E-state index is 0.0243. The third kappa shape index (κ3) is 7.62. The van der Waals surface area contributed by atoms with Crippen LogP contribution in [0.25, 0.3) is 0 Å². The lowest BCUT2D eigenvalue weighted by Gasteiger charge is -2.08. The van der Waals surface area contributed by atoms with Gasteiger partial charge in [-0.3, -0.25) is 14.4 Å². The summed E-state index contributed by atoms with van der Waals surface area (Å²) in [4.78, 5) is 37.7. The van der Waals surface area contributed by atoms with Gasteiger partial charge in [-0.15, -0.1) is 11.3 Å². The molecule has 0 aliphatic carbocycles. The molecule has 0 unspecified atom stereocenters. The fourth-order valence-electron chi connectivity index (χ4n) is 2.44. The van der Waals surface area contributed by atoms with Crippen molar-refractivity contribution in [1.82, 2.24) is 0 Å². The van der Waals surface area contributed by atoms with Crippen LogP contribution in [0.5, 0.6) is 5.75 Å². The van der Waals surface area contributed by atoms with E-state index < -0.39 is 0 Å². The van der Waals surface area contributed by atoms with Crippen LogP contribution in [0.3, 0.4) is 0 Å². The molecule has 0 aliphatic rings. The van der Waals surface area contributed by atoms with Crippen LogP contribution < -0.4 is 10.1 Å². The molecule has 1 aromatic carbocycles. The Bertz CT molecular complexity index is 797. The van der Waals surface area contributed by atoms with Crippen molar-refractivity contribution in [2.45, 2.75) is 32.6 Å². The summed E-state index contributed by atoms with van der Waals surface area (Å²) in [6.45, 7) is 2.90. The molecule has 0 saturated heterocycles. The van der Waals surface area contributed by atoms with E-state index in [0.717, 1.165) is 4.88 Å². The molecule has 0 atom stereocenters. The van der Waals surface area contributed by atoms with Gasteiger partial charge in [0.25, 0.3) is 0 Å². The zero-order valence-electron chi connectivity index (χ0n) is 16.2. The van der Waals surface area contributed by atoms with Crippen molar-refractivity contribution in [2.75, 3.05) is 25.6 Å². The maximum atomic E-state index is 12.0. The van der Waals surface area contributed by atoms with Crippen molar-refractivity contribution in [2.24, 2.45) is 0 Å². The summed E-state index contributed by atoms with van der Waals surface area (Å²) in [6.07, 6.45) is 0.569. The molecular weight excluding hydrogens is 378 g/mol. The Labute approximate surface area is 168 Å². The zero-order valence-corrected chi connectivity index (χ0v) is 17.0. The van der Waals surface area contributed by atoms with Crippen LogP contribution in [0, 0.1) is 6.92 Å². The monoisotopic (exact) mass is 403 g/mol. The average molecular weight is 404 g/mol. The normalized spacial score (nSPS) is 10.5. The lowest BCUT2D eigenvalue weighted by Crippen LogP contribution is -2.14. The summed E-state index contributed by atoms with van der Waals surface area (Å²) in [5.74, 6) is 0.347. The predicted octanol–water partition coefficient (Wildman–Crippen LogP) is 4.03. The number of hydrogen-bond acceptors (Lipinski definition) is 6. The number of benzene rings is 1. The summed E-state index contributed by atoms with van der Waals surface area (Å²) >= 11 is 1.43. The number of carbonyl (C=O) groups is 3. The van der Waals surface area contributed by atoms with Crippen molar-refractivity contribution in [1.29, 1.82) is 0 Å². The van der Waals surface area contributed by atoms with Gasteiger partial charge in [0, 0.05) is 43.4 Å². The molecule has 150 valence electrons. The van der Waals surface area contributed by atoms with E-state index in [2.05, 4.69) is 5.32 Å². The van der Waals surface area contributed by atoms with Gasteiger partial charge in [-0.1, -0.05) is 0 Å². The van der Waals surface area contributed by atoms with Crippen molar-refractivity contribution in [3.05, 3.63) is 46.2 Å². The number of ether oxygens (including phenoxy) is 2. The van der Waals surface area contributed by atoms with E-state index in [0.29, 0.717) is 29.5 Å². The smallest absolute Gasteiger partial charge is 0.224 e. The Kier molecular flexibility index (Phi) is 8.84. The van der Waals surface area contributed by atoms with Crippen LogP contribution in [0.4, 0.5) is 5.69 Å². The molecule has 0 fully saturated rings. The SMILES string of the molecule is COCCOc1ccc(NC(=O)CCC(=O)CCC(=O)c2ccc(C)s2)cc1. The number of ketones is 2. The molecule has 1 amide bonds. The predicted molar refractivity (Wildman–Crippen MR) is 109 cm³/mol. The first-order valence-electron chi connectivity index (χ1n) is 9.11. The number of Topliss-reactive ketones (excluding diaryl/α,β-unsaturated/α-hetero) is 2. The zero-order chi connectivity index (χ0) is 20.4. The van der Waals surface area contributed by atoms with Gasteiger partial charge >= 0.3 is 0 Å². The van der Waals surface area contributed by atoms with Gasteiger partial charge in [0.2, 0.25) is 5.91 Å². The number of rotatable bonds is 12. The molecule has 0 spiro atoms. The average Bonchev–Trinajstić information content (AvgIpc) is 3.12. The topological polar surface area (TPSA) is 81.7 Å². The van der Waals surface area contributed by atoms with E-state index in [9.17, 15) is 14.4 Å². The number of amides is 1. The minimum Gasteiger partial charge on any atom is -0.491 e. The number of methoxy groups -OCH3 is 1. The highest BCUT2D eigenvalue weighted by Crippen LogP contribution is 2.18. The summed E-state index contributed by atoms with van der Waals surface area (Å²) in [5, 5.41) is 2.75. The minimum atomic E-state index is -0.235. The van der Waals surface area contributed by atoms with Crippen molar-refractivity contribution in [3.63, 3.8) is 0 Å². The van der Waals surface area contributed by atoms with Gasteiger partial charge < -0.3 is 14.8 Å². The summed E-state index contributed by atoms with van der Waals surface area (Å²) in [5.41, 5.74) is 0.639. The quantitative estimate of drug-likeness (QED) is 0.427. The van der Waals surface area contributed by atoms with Crippen molar-refractivity contribution >= 4 is 34.5 Å². The maximum absolute atomic E-state index is 12.0. The van der Waals surface area contributed by atoms with Gasteiger partial charge in [-0.2, -0.15) is 0 Å². The number of anilines is 1. The Morgan fingerprint density at radius 2 is 1.64 bits per heavy atom. The van der Waals surface area contributed by atoms with E-state index in [4.69, 9.17) is 9.47 Å². The standard InChI is InChI=1S/C21H25NO5S/c1-15-3-11-20(28-15)19(24)10-6-17(23)7-12-21(25)22-16-4-8-18(9-5-16)27-14-13-26-2/h3-5,8-9,11H,6-7,10,12-14H2,1-2H3,(H,22,25). The van der Waals surface area contributed by atoms with Crippen molar-refractivity contribution < 1.29 is 23.9 Å². The number of thiophene rings is 1. The van der Waals surface area contributed by atoms with Gasteiger partial charge in [0.05, 0.1) is 11.5 Å². The highest BCUT2D eigenvalue weighted by Gasteiger charge is 2.12. The number of hydrogen-bond donors (Lipinski definition) is 1. The number of aryl methyl sites for hydroxylation is 1. The Hall–Kier alpha value is -2.51. The highest BCUT2D eigenvalue weighted by atomic mass is 32.1. The van der Waals surface area contributed by atoms with Crippen LogP contribution in [0.1, 0.15) is 40.2 Å². The molecule has 0 bridgehead atoms. The Morgan fingerprint density at radius 1 is 0.929 bits per heavy atom. The first-order valence-corrected chi connectivity index (χ1v) is 9.92. The molecule has 0 aliphatic heterocycles. The van der Waals surface area contributed by atoms with Gasteiger partial charge in [-0.25, -0.2) is 0 Å². The number of nitrogens with one attached hydrogen (secondary N) is 1. The molecule has 28 heavy (non-hydrogen) atoms. The van der Waals surface area contributed by atoms with E-state index in [-0.39, 0.29) is 43.2 Å². The fraction of sp³-hybridized carbons (Fsp3) is 0.381. The third-order valence-electron chi connectivity index (χ3n) is 3.97. The van der Waals surface area contributed by atoms with E-state index in [1.165, 1.54) is 11.3 Å². The van der Waals surface area contributed by atoms with Crippen LogP contribution >= 0.6 is 11.3 Å². The summed E-state index contributed by atoms with van der Waals surface area (Å²) in [6, 6.07) is 10.7. The van der Waals surface area contributed by atoms with E-state index >= 15 is 0 Å². The highest BCUT2D eigenvalue weighted by molar-refractivity contribution is 7.14. The molecule has 7 heteroatoms. The first kappa shape index (κ1) is 21.8. The molecule has 1 N–H and O–H groups in total. The molecule has 6 nitrogen and oxygen atoms in total. The lowest BCUT2D eigenvalue weighted by molar-refractivity contribution is -0.122. The molecule has 2 aromatic rings. The second kappa shape index (κ2) is 11.4.